The molecule has 0 aliphatic carbocycles. The zero-order valence-corrected chi connectivity index (χ0v) is 24.2. The van der Waals surface area contributed by atoms with Gasteiger partial charge in [-0.15, -0.1) is 5.10 Å². The van der Waals surface area contributed by atoms with E-state index in [9.17, 15) is 4.79 Å². The number of hydrazone groups is 1. The molecule has 1 aliphatic rings. The van der Waals surface area contributed by atoms with Gasteiger partial charge in [0.05, 0.1) is 23.9 Å². The maximum atomic E-state index is 12.9. The molecule has 4 aromatic rings. The van der Waals surface area contributed by atoms with E-state index in [2.05, 4.69) is 15.9 Å². The Kier molecular flexibility index (Phi) is 8.36. The first-order chi connectivity index (χ1) is 19.5. The number of hydrogen-bond acceptors (Lipinski definition) is 7. The number of hydrogen-bond donors (Lipinski definition) is 0. The molecule has 1 unspecified atom stereocenters. The summed E-state index contributed by atoms with van der Waals surface area (Å²) in [5.74, 6) is 2.10. The van der Waals surface area contributed by atoms with E-state index in [1.54, 1.807) is 7.11 Å². The van der Waals surface area contributed by atoms with Gasteiger partial charge in [0.25, 0.3) is 0 Å². The molecule has 8 heteroatoms. The summed E-state index contributed by atoms with van der Waals surface area (Å²) in [6, 6.07) is 31.4. The van der Waals surface area contributed by atoms with Gasteiger partial charge in [-0.05, 0) is 76.9 Å². The number of para-hydroxylation sites is 1. The van der Waals surface area contributed by atoms with Crippen molar-refractivity contribution in [1.82, 2.24) is 0 Å². The van der Waals surface area contributed by atoms with E-state index in [-0.39, 0.29) is 5.78 Å². The van der Waals surface area contributed by atoms with Crippen molar-refractivity contribution < 1.29 is 19.0 Å². The lowest BCUT2D eigenvalue weighted by Crippen LogP contribution is -2.37. The summed E-state index contributed by atoms with van der Waals surface area (Å²) >= 11 is 3.72. The fourth-order valence-electron chi connectivity index (χ4n) is 4.63. The van der Waals surface area contributed by atoms with E-state index in [0.29, 0.717) is 30.5 Å². The van der Waals surface area contributed by atoms with Crippen molar-refractivity contribution in [1.29, 1.82) is 0 Å². The van der Waals surface area contributed by atoms with Crippen LogP contribution in [-0.2, 0) is 11.4 Å². The van der Waals surface area contributed by atoms with Gasteiger partial charge in [0.1, 0.15) is 12.4 Å². The SMILES string of the molecule is CCOc1ccc(N2C(C(C)=O)=NN(c3ccccc3)C2c2cc(Br)c(OCc3ccccc3)c(OC)c2)cc1. The largest absolute Gasteiger partial charge is 0.494 e. The van der Waals surface area contributed by atoms with Crippen molar-refractivity contribution in [3.63, 3.8) is 0 Å². The lowest BCUT2D eigenvalue weighted by molar-refractivity contribution is -0.111. The first-order valence-electron chi connectivity index (χ1n) is 13.0. The summed E-state index contributed by atoms with van der Waals surface area (Å²) in [6.07, 6.45) is -0.479. The summed E-state index contributed by atoms with van der Waals surface area (Å²) in [5, 5.41) is 6.68. The average molecular weight is 601 g/mol. The van der Waals surface area contributed by atoms with Gasteiger partial charge in [-0.2, -0.15) is 0 Å². The van der Waals surface area contributed by atoms with Crippen LogP contribution in [0.25, 0.3) is 0 Å². The summed E-state index contributed by atoms with van der Waals surface area (Å²) in [5.41, 5.74) is 3.56. The predicted molar refractivity (Wildman–Crippen MR) is 161 cm³/mol. The van der Waals surface area contributed by atoms with Gasteiger partial charge in [0.15, 0.2) is 29.3 Å². The van der Waals surface area contributed by atoms with Crippen LogP contribution in [0.2, 0.25) is 0 Å². The Bertz CT molecular complexity index is 1490. The van der Waals surface area contributed by atoms with Gasteiger partial charge < -0.3 is 14.2 Å². The van der Waals surface area contributed by atoms with Crippen LogP contribution in [0.15, 0.2) is 107 Å². The number of rotatable bonds is 10. The van der Waals surface area contributed by atoms with Crippen molar-refractivity contribution in [3.8, 4) is 17.2 Å². The molecule has 0 fully saturated rings. The second kappa shape index (κ2) is 12.3. The number of anilines is 2. The van der Waals surface area contributed by atoms with Gasteiger partial charge in [-0.25, -0.2) is 5.01 Å². The molecular formula is C32H30BrN3O4. The summed E-state index contributed by atoms with van der Waals surface area (Å²) in [4.78, 5) is 14.9. The van der Waals surface area contributed by atoms with Crippen LogP contribution in [0.1, 0.15) is 31.1 Å². The standard InChI is InChI=1S/C32H30BrN3O4/c1-4-39-27-17-15-25(16-18-27)35-31(22(2)37)34-36(26-13-9-6-10-14-26)32(35)24-19-28(33)30(29(20-24)38-3)40-21-23-11-7-5-8-12-23/h5-20,32H,4,21H2,1-3H3. The van der Waals surface area contributed by atoms with Crippen molar-refractivity contribution in [3.05, 3.63) is 113 Å². The normalized spacial score (nSPS) is 14.6. The number of benzene rings is 4. The maximum absolute atomic E-state index is 12.9. The Morgan fingerprint density at radius 1 is 0.900 bits per heavy atom. The highest BCUT2D eigenvalue weighted by Gasteiger charge is 2.40. The van der Waals surface area contributed by atoms with E-state index in [1.807, 2.05) is 114 Å². The lowest BCUT2D eigenvalue weighted by atomic mass is 10.1. The third-order valence-electron chi connectivity index (χ3n) is 6.44. The molecule has 204 valence electrons. The fourth-order valence-corrected chi connectivity index (χ4v) is 5.21. The van der Waals surface area contributed by atoms with E-state index in [1.165, 1.54) is 6.92 Å². The number of carbonyl (C=O) groups is 1. The van der Waals surface area contributed by atoms with Gasteiger partial charge in [-0.1, -0.05) is 48.5 Å². The maximum Gasteiger partial charge on any atom is 0.198 e. The molecule has 0 bridgehead atoms. The molecule has 0 aromatic heterocycles. The van der Waals surface area contributed by atoms with Crippen LogP contribution in [-0.4, -0.2) is 25.3 Å². The van der Waals surface area contributed by atoms with Crippen LogP contribution in [0.4, 0.5) is 11.4 Å². The second-order valence-corrected chi connectivity index (χ2v) is 9.99. The highest BCUT2D eigenvalue weighted by atomic mass is 79.9. The summed E-state index contributed by atoms with van der Waals surface area (Å²) in [6.45, 7) is 4.44. The number of Topliss-reactive ketones (excluding diaryl/α,β-unsaturated/α-hetero) is 1. The molecule has 0 saturated carbocycles. The minimum absolute atomic E-state index is 0.147. The quantitative estimate of drug-likeness (QED) is 0.190. The zero-order valence-electron chi connectivity index (χ0n) is 22.6. The summed E-state index contributed by atoms with van der Waals surface area (Å²) < 4.78 is 18.4. The number of amidine groups is 1. The molecule has 1 atom stereocenters. The minimum atomic E-state index is -0.479. The smallest absolute Gasteiger partial charge is 0.198 e. The van der Waals surface area contributed by atoms with Crippen LogP contribution < -0.4 is 24.1 Å². The molecule has 4 aromatic carbocycles. The van der Waals surface area contributed by atoms with Crippen LogP contribution in [0.5, 0.6) is 17.2 Å². The highest BCUT2D eigenvalue weighted by Crippen LogP contribution is 2.44. The molecule has 0 spiro atoms. The number of nitrogens with zero attached hydrogens (tertiary/aromatic N) is 3. The Balaban J connectivity index is 1.59. The topological polar surface area (TPSA) is 63.6 Å². The Labute approximate surface area is 242 Å². The van der Waals surface area contributed by atoms with E-state index < -0.39 is 6.17 Å². The van der Waals surface area contributed by atoms with Gasteiger partial charge >= 0.3 is 0 Å². The molecule has 1 heterocycles. The summed E-state index contributed by atoms with van der Waals surface area (Å²) in [7, 11) is 1.62. The van der Waals surface area contributed by atoms with Gasteiger partial charge in [0.2, 0.25) is 0 Å². The number of carbonyl (C=O) groups excluding carboxylic acids is 1. The number of ether oxygens (including phenoxy) is 3. The number of methoxy groups -OCH3 is 1. The van der Waals surface area contributed by atoms with Crippen molar-refractivity contribution in [2.75, 3.05) is 23.6 Å². The number of ketones is 1. The zero-order chi connectivity index (χ0) is 28.1. The van der Waals surface area contributed by atoms with Gasteiger partial charge in [-0.3, -0.25) is 9.69 Å². The molecule has 0 amide bonds. The Morgan fingerprint density at radius 2 is 1.57 bits per heavy atom. The van der Waals surface area contributed by atoms with Crippen molar-refractivity contribution in [2.24, 2.45) is 5.10 Å². The monoisotopic (exact) mass is 599 g/mol. The van der Waals surface area contributed by atoms with Crippen LogP contribution in [0.3, 0.4) is 0 Å². The Hall–Kier alpha value is -4.30. The molecule has 0 radical (unpaired) electrons. The van der Waals surface area contributed by atoms with E-state index in [0.717, 1.165) is 32.7 Å². The third-order valence-corrected chi connectivity index (χ3v) is 7.03. The molecular weight excluding hydrogens is 570 g/mol. The van der Waals surface area contributed by atoms with Crippen molar-refractivity contribution >= 4 is 38.9 Å². The molecule has 0 N–H and O–H groups in total. The second-order valence-electron chi connectivity index (χ2n) is 9.14. The lowest BCUT2D eigenvalue weighted by Gasteiger charge is -2.32. The van der Waals surface area contributed by atoms with E-state index >= 15 is 0 Å². The van der Waals surface area contributed by atoms with E-state index in [4.69, 9.17) is 19.3 Å². The van der Waals surface area contributed by atoms with Gasteiger partial charge in [0, 0.05) is 18.2 Å². The molecule has 1 aliphatic heterocycles. The van der Waals surface area contributed by atoms with Crippen molar-refractivity contribution in [2.45, 2.75) is 26.6 Å². The first kappa shape index (κ1) is 27.3. The highest BCUT2D eigenvalue weighted by molar-refractivity contribution is 9.10. The number of halogens is 1. The molecule has 0 saturated heterocycles. The minimum Gasteiger partial charge on any atom is -0.494 e. The predicted octanol–water partition coefficient (Wildman–Crippen LogP) is 7.36. The third kappa shape index (κ3) is 5.67. The Morgan fingerprint density at radius 3 is 2.20 bits per heavy atom. The molecule has 40 heavy (non-hydrogen) atoms. The average Bonchev–Trinajstić information content (AvgIpc) is 3.39. The van der Waals surface area contributed by atoms with Crippen LogP contribution in [0, 0.1) is 0 Å². The molecule has 5 rings (SSSR count). The first-order valence-corrected chi connectivity index (χ1v) is 13.8. The van der Waals surface area contributed by atoms with Crippen LogP contribution >= 0.6 is 15.9 Å². The fraction of sp³-hybridized carbons (Fsp3) is 0.188. The molecule has 7 nitrogen and oxygen atoms in total.